The molecule has 2 rings (SSSR count). The van der Waals surface area contributed by atoms with Crippen molar-refractivity contribution in [3.8, 4) is 11.8 Å². The monoisotopic (exact) mass is 469 g/mol. The SMILES string of the molecule is CCOC(=O)c1sc(CC(=O)/C(C#N)=C/c2ccc(OC(C)C)cc2)c(C(=O)OCC)c1C. The van der Waals surface area contributed by atoms with Crippen LogP contribution in [0.4, 0.5) is 0 Å². The minimum atomic E-state index is -0.618. The topological polar surface area (TPSA) is 103 Å². The van der Waals surface area contributed by atoms with Crippen LogP contribution in [0, 0.1) is 18.3 Å². The molecule has 1 aromatic carbocycles. The third-order valence-electron chi connectivity index (χ3n) is 4.46. The molecule has 0 radical (unpaired) electrons. The quantitative estimate of drug-likeness (QED) is 0.276. The maximum atomic E-state index is 12.9. The molecule has 0 saturated heterocycles. The van der Waals surface area contributed by atoms with E-state index >= 15 is 0 Å². The highest BCUT2D eigenvalue weighted by Crippen LogP contribution is 2.31. The molecule has 0 bridgehead atoms. The average Bonchev–Trinajstić information content (AvgIpc) is 3.08. The van der Waals surface area contributed by atoms with Crippen LogP contribution in [0.3, 0.4) is 0 Å². The predicted molar refractivity (Wildman–Crippen MR) is 125 cm³/mol. The van der Waals surface area contributed by atoms with Crippen molar-refractivity contribution in [2.45, 2.75) is 47.1 Å². The van der Waals surface area contributed by atoms with Gasteiger partial charge in [0.05, 0.1) is 30.5 Å². The molecule has 0 spiro atoms. The zero-order valence-electron chi connectivity index (χ0n) is 19.4. The van der Waals surface area contributed by atoms with Crippen LogP contribution in [0.1, 0.15) is 63.7 Å². The van der Waals surface area contributed by atoms with Crippen molar-refractivity contribution in [3.05, 3.63) is 56.3 Å². The molecule has 0 N–H and O–H groups in total. The molecule has 1 aromatic heterocycles. The lowest BCUT2D eigenvalue weighted by Crippen LogP contribution is -2.12. The van der Waals surface area contributed by atoms with Gasteiger partial charge < -0.3 is 14.2 Å². The Hall–Kier alpha value is -3.44. The summed E-state index contributed by atoms with van der Waals surface area (Å²) in [5.41, 5.74) is 1.18. The van der Waals surface area contributed by atoms with Crippen molar-refractivity contribution in [1.82, 2.24) is 0 Å². The van der Waals surface area contributed by atoms with Gasteiger partial charge in [-0.15, -0.1) is 11.3 Å². The van der Waals surface area contributed by atoms with Crippen LogP contribution in [0.15, 0.2) is 29.8 Å². The van der Waals surface area contributed by atoms with Crippen LogP contribution in [0.2, 0.25) is 0 Å². The van der Waals surface area contributed by atoms with Crippen molar-refractivity contribution in [2.24, 2.45) is 0 Å². The van der Waals surface area contributed by atoms with E-state index in [1.165, 1.54) is 6.08 Å². The van der Waals surface area contributed by atoms with E-state index in [9.17, 15) is 19.6 Å². The summed E-state index contributed by atoms with van der Waals surface area (Å²) in [6, 6.07) is 8.96. The van der Waals surface area contributed by atoms with Crippen molar-refractivity contribution < 1.29 is 28.6 Å². The number of ether oxygens (including phenoxy) is 3. The van der Waals surface area contributed by atoms with Gasteiger partial charge in [-0.2, -0.15) is 5.26 Å². The van der Waals surface area contributed by atoms with Gasteiger partial charge in [0.1, 0.15) is 16.7 Å². The zero-order valence-corrected chi connectivity index (χ0v) is 20.2. The number of nitrogens with zero attached hydrogens (tertiary/aromatic N) is 1. The maximum absolute atomic E-state index is 12.9. The van der Waals surface area contributed by atoms with Crippen LogP contribution in [0.5, 0.6) is 5.75 Å². The lowest BCUT2D eigenvalue weighted by molar-refractivity contribution is -0.114. The zero-order chi connectivity index (χ0) is 24.5. The summed E-state index contributed by atoms with van der Waals surface area (Å²) in [7, 11) is 0. The summed E-state index contributed by atoms with van der Waals surface area (Å²) in [5.74, 6) is -0.967. The molecule has 0 fully saturated rings. The van der Waals surface area contributed by atoms with Gasteiger partial charge in [-0.25, -0.2) is 9.59 Å². The van der Waals surface area contributed by atoms with Crippen LogP contribution >= 0.6 is 11.3 Å². The normalized spacial score (nSPS) is 11.1. The third kappa shape index (κ3) is 6.77. The Kier molecular flexibility index (Phi) is 9.37. The smallest absolute Gasteiger partial charge is 0.348 e. The number of esters is 2. The number of ketones is 1. The van der Waals surface area contributed by atoms with E-state index < -0.39 is 17.7 Å². The molecule has 0 aliphatic rings. The number of allylic oxidation sites excluding steroid dienone is 1. The number of Topliss-reactive ketones (excluding diaryl/α,β-unsaturated/α-hetero) is 1. The molecule has 174 valence electrons. The Balaban J connectivity index is 2.35. The first kappa shape index (κ1) is 25.8. The Morgan fingerprint density at radius 1 is 1.06 bits per heavy atom. The lowest BCUT2D eigenvalue weighted by Gasteiger charge is -2.09. The number of hydrogen-bond acceptors (Lipinski definition) is 8. The van der Waals surface area contributed by atoms with E-state index in [-0.39, 0.29) is 41.8 Å². The van der Waals surface area contributed by atoms with Crippen LogP contribution < -0.4 is 4.74 Å². The van der Waals surface area contributed by atoms with Crippen molar-refractivity contribution in [3.63, 3.8) is 0 Å². The van der Waals surface area contributed by atoms with E-state index in [1.54, 1.807) is 45.0 Å². The summed E-state index contributed by atoms with van der Waals surface area (Å²) >= 11 is 1.01. The molecule has 0 saturated carbocycles. The molecule has 2 aromatic rings. The van der Waals surface area contributed by atoms with Gasteiger partial charge in [-0.05, 0) is 64.0 Å². The number of benzene rings is 1. The van der Waals surface area contributed by atoms with E-state index in [0.717, 1.165) is 11.3 Å². The lowest BCUT2D eigenvalue weighted by atomic mass is 10.0. The maximum Gasteiger partial charge on any atom is 0.348 e. The second kappa shape index (κ2) is 12.0. The Bertz CT molecular complexity index is 1090. The van der Waals surface area contributed by atoms with Gasteiger partial charge in [0.2, 0.25) is 0 Å². The summed E-state index contributed by atoms with van der Waals surface area (Å²) in [5, 5.41) is 9.56. The number of carbonyl (C=O) groups excluding carboxylic acids is 3. The molecule has 7 nitrogen and oxygen atoms in total. The molecular formula is C25H27NO6S. The van der Waals surface area contributed by atoms with Crippen LogP contribution in [-0.4, -0.2) is 37.0 Å². The molecule has 1 heterocycles. The van der Waals surface area contributed by atoms with Gasteiger partial charge in [0.15, 0.2) is 5.78 Å². The summed E-state index contributed by atoms with van der Waals surface area (Å²) in [4.78, 5) is 38.4. The number of hydrogen-bond donors (Lipinski definition) is 0. The van der Waals surface area contributed by atoms with Crippen molar-refractivity contribution in [1.29, 1.82) is 5.26 Å². The van der Waals surface area contributed by atoms with Gasteiger partial charge >= 0.3 is 11.9 Å². The second-order valence-corrected chi connectivity index (χ2v) is 8.41. The Labute approximate surface area is 197 Å². The van der Waals surface area contributed by atoms with E-state index in [1.807, 2.05) is 19.9 Å². The Morgan fingerprint density at radius 3 is 2.21 bits per heavy atom. The third-order valence-corrected chi connectivity index (χ3v) is 5.74. The number of rotatable bonds is 10. The van der Waals surface area contributed by atoms with Gasteiger partial charge in [0, 0.05) is 11.3 Å². The summed E-state index contributed by atoms with van der Waals surface area (Å²) in [6.07, 6.45) is 1.30. The molecule has 8 heteroatoms. The number of carbonyl (C=O) groups is 3. The molecule has 0 atom stereocenters. The first-order valence-corrected chi connectivity index (χ1v) is 11.4. The largest absolute Gasteiger partial charge is 0.491 e. The predicted octanol–water partition coefficient (Wildman–Crippen LogP) is 4.92. The minimum Gasteiger partial charge on any atom is -0.491 e. The highest BCUT2D eigenvalue weighted by molar-refractivity contribution is 7.14. The van der Waals surface area contributed by atoms with Crippen molar-refractivity contribution >= 4 is 35.1 Å². The van der Waals surface area contributed by atoms with Gasteiger partial charge in [-0.3, -0.25) is 4.79 Å². The van der Waals surface area contributed by atoms with E-state index in [4.69, 9.17) is 14.2 Å². The molecular weight excluding hydrogens is 442 g/mol. The van der Waals surface area contributed by atoms with E-state index in [2.05, 4.69) is 0 Å². The number of thiophene rings is 1. The first-order valence-electron chi connectivity index (χ1n) is 10.6. The Morgan fingerprint density at radius 2 is 1.67 bits per heavy atom. The first-order chi connectivity index (χ1) is 15.7. The minimum absolute atomic E-state index is 0.0324. The molecule has 0 amide bonds. The highest BCUT2D eigenvalue weighted by atomic mass is 32.1. The summed E-state index contributed by atoms with van der Waals surface area (Å²) < 4.78 is 15.8. The molecule has 0 aliphatic carbocycles. The van der Waals surface area contributed by atoms with Gasteiger partial charge in [-0.1, -0.05) is 12.1 Å². The molecule has 0 aliphatic heterocycles. The molecule has 0 unspecified atom stereocenters. The van der Waals surface area contributed by atoms with Crippen LogP contribution in [-0.2, 0) is 20.7 Å². The standard InChI is InChI=1S/C25H27NO6S/c1-6-30-24(28)22-16(5)23(25(29)31-7-2)33-21(22)13-20(27)18(14-26)12-17-8-10-19(11-9-17)32-15(3)4/h8-12,15H,6-7,13H2,1-5H3/b18-12+. The van der Waals surface area contributed by atoms with Crippen LogP contribution in [0.25, 0.3) is 6.08 Å². The van der Waals surface area contributed by atoms with E-state index in [0.29, 0.717) is 21.8 Å². The fraction of sp³-hybridized carbons (Fsp3) is 0.360. The molecule has 33 heavy (non-hydrogen) atoms. The fourth-order valence-electron chi connectivity index (χ4n) is 3.06. The van der Waals surface area contributed by atoms with Gasteiger partial charge in [0.25, 0.3) is 0 Å². The summed E-state index contributed by atoms with van der Waals surface area (Å²) in [6.45, 7) is 9.14. The van der Waals surface area contributed by atoms with Crippen molar-refractivity contribution in [2.75, 3.05) is 13.2 Å². The highest BCUT2D eigenvalue weighted by Gasteiger charge is 2.27. The second-order valence-electron chi connectivity index (χ2n) is 7.30. The number of nitriles is 1. The average molecular weight is 470 g/mol. The fourth-order valence-corrected chi connectivity index (χ4v) is 4.24.